The predicted octanol–water partition coefficient (Wildman–Crippen LogP) is 2.46. The van der Waals surface area contributed by atoms with Gasteiger partial charge in [0.1, 0.15) is 12.7 Å². The van der Waals surface area contributed by atoms with E-state index in [1.54, 1.807) is 18.2 Å². The lowest BCUT2D eigenvalue weighted by Crippen LogP contribution is -2.40. The highest BCUT2D eigenvalue weighted by atomic mass is 16.6. The molecule has 2 aliphatic rings. The molecule has 0 saturated carbocycles. The van der Waals surface area contributed by atoms with E-state index in [-0.39, 0.29) is 18.4 Å². The van der Waals surface area contributed by atoms with Crippen molar-refractivity contribution in [2.24, 2.45) is 0 Å². The van der Waals surface area contributed by atoms with Gasteiger partial charge < -0.3 is 24.3 Å². The number of carbonyl (C=O) groups is 1. The molecule has 1 N–H and O–H groups in total. The largest absolute Gasteiger partial charge is 0.490 e. The van der Waals surface area contributed by atoms with Crippen molar-refractivity contribution in [1.29, 1.82) is 0 Å². The summed E-state index contributed by atoms with van der Waals surface area (Å²) in [5.74, 6) is 2.82. The SMILES string of the molecule is O=C(CNCC1COc2ccccc2O1)c1ccc2c(c1)OCCCO2. The minimum atomic E-state index is -0.124. The van der Waals surface area contributed by atoms with Crippen LogP contribution < -0.4 is 24.3 Å². The Morgan fingerprint density at radius 1 is 0.962 bits per heavy atom. The first-order chi connectivity index (χ1) is 12.8. The Bertz CT molecular complexity index is 792. The molecule has 6 nitrogen and oxygen atoms in total. The number of ether oxygens (including phenoxy) is 4. The Morgan fingerprint density at radius 2 is 1.73 bits per heavy atom. The highest BCUT2D eigenvalue weighted by Crippen LogP contribution is 2.31. The lowest BCUT2D eigenvalue weighted by atomic mass is 10.1. The number of carbonyl (C=O) groups excluding carboxylic acids is 1. The summed E-state index contributed by atoms with van der Waals surface area (Å²) >= 11 is 0. The van der Waals surface area contributed by atoms with Crippen molar-refractivity contribution in [3.8, 4) is 23.0 Å². The first kappa shape index (κ1) is 16.7. The molecule has 1 unspecified atom stereocenters. The van der Waals surface area contributed by atoms with Gasteiger partial charge in [-0.05, 0) is 30.3 Å². The second-order valence-corrected chi connectivity index (χ2v) is 6.26. The van der Waals surface area contributed by atoms with Gasteiger partial charge in [0.05, 0.1) is 19.8 Å². The van der Waals surface area contributed by atoms with Gasteiger partial charge >= 0.3 is 0 Å². The van der Waals surface area contributed by atoms with Crippen molar-refractivity contribution in [2.75, 3.05) is 32.9 Å². The molecule has 0 amide bonds. The van der Waals surface area contributed by atoms with Crippen LogP contribution in [-0.4, -0.2) is 44.8 Å². The standard InChI is InChI=1S/C20H21NO5/c22-16(14-6-7-18-20(10-14)24-9-3-8-23-18)12-21-11-15-13-25-17-4-1-2-5-19(17)26-15/h1-2,4-7,10,15,21H,3,8-9,11-13H2. The normalized spacial score (nSPS) is 18.1. The van der Waals surface area contributed by atoms with Gasteiger partial charge in [0.2, 0.25) is 0 Å². The van der Waals surface area contributed by atoms with E-state index in [1.165, 1.54) is 0 Å². The number of fused-ring (bicyclic) bond motifs is 2. The molecule has 2 heterocycles. The van der Waals surface area contributed by atoms with Crippen LogP contribution in [0.3, 0.4) is 0 Å². The summed E-state index contributed by atoms with van der Waals surface area (Å²) in [6.45, 7) is 2.45. The molecule has 2 aromatic rings. The summed E-state index contributed by atoms with van der Waals surface area (Å²) in [6, 6.07) is 12.9. The van der Waals surface area contributed by atoms with Gasteiger partial charge in [0.15, 0.2) is 28.8 Å². The molecule has 0 aliphatic carbocycles. The minimum Gasteiger partial charge on any atom is -0.490 e. The zero-order chi connectivity index (χ0) is 17.8. The summed E-state index contributed by atoms with van der Waals surface area (Å²) in [7, 11) is 0. The summed E-state index contributed by atoms with van der Waals surface area (Å²) in [6.07, 6.45) is 0.716. The highest BCUT2D eigenvalue weighted by molar-refractivity contribution is 5.98. The van der Waals surface area contributed by atoms with E-state index in [9.17, 15) is 4.79 Å². The van der Waals surface area contributed by atoms with Crippen LogP contribution in [-0.2, 0) is 0 Å². The van der Waals surface area contributed by atoms with Gasteiger partial charge in [-0.3, -0.25) is 4.79 Å². The Morgan fingerprint density at radius 3 is 2.62 bits per heavy atom. The lowest BCUT2D eigenvalue weighted by molar-refractivity contribution is 0.0869. The molecule has 1 atom stereocenters. The summed E-state index contributed by atoms with van der Waals surface area (Å²) in [5.41, 5.74) is 0.605. The maximum absolute atomic E-state index is 12.4. The number of benzene rings is 2. The average Bonchev–Trinajstić information content (AvgIpc) is 2.92. The van der Waals surface area contributed by atoms with Crippen LogP contribution in [0, 0.1) is 0 Å². The van der Waals surface area contributed by atoms with Crippen molar-refractivity contribution in [1.82, 2.24) is 5.32 Å². The molecule has 6 heteroatoms. The third kappa shape index (κ3) is 3.75. The Balaban J connectivity index is 1.30. The number of rotatable bonds is 5. The molecular weight excluding hydrogens is 334 g/mol. The zero-order valence-corrected chi connectivity index (χ0v) is 14.4. The van der Waals surface area contributed by atoms with Crippen LogP contribution in [0.5, 0.6) is 23.0 Å². The molecule has 26 heavy (non-hydrogen) atoms. The molecule has 4 rings (SSSR count). The first-order valence-corrected chi connectivity index (χ1v) is 8.81. The average molecular weight is 355 g/mol. The molecule has 0 bridgehead atoms. The topological polar surface area (TPSA) is 66.0 Å². The number of ketones is 1. The van der Waals surface area contributed by atoms with Gasteiger partial charge in [-0.25, -0.2) is 0 Å². The fraction of sp³-hybridized carbons (Fsp3) is 0.350. The minimum absolute atomic E-state index is 0.00206. The van der Waals surface area contributed by atoms with E-state index in [1.807, 2.05) is 24.3 Å². The molecule has 2 aromatic carbocycles. The zero-order valence-electron chi connectivity index (χ0n) is 14.4. The highest BCUT2D eigenvalue weighted by Gasteiger charge is 2.21. The van der Waals surface area contributed by atoms with Gasteiger partial charge in [0, 0.05) is 18.5 Å². The summed E-state index contributed by atoms with van der Waals surface area (Å²) in [5, 5.41) is 3.15. The van der Waals surface area contributed by atoms with Crippen LogP contribution in [0.4, 0.5) is 0 Å². The number of hydrogen-bond donors (Lipinski definition) is 1. The molecule has 0 aromatic heterocycles. The molecule has 2 aliphatic heterocycles. The van der Waals surface area contributed by atoms with Gasteiger partial charge in [-0.15, -0.1) is 0 Å². The van der Waals surface area contributed by atoms with Crippen LogP contribution in [0.15, 0.2) is 42.5 Å². The van der Waals surface area contributed by atoms with Crippen molar-refractivity contribution in [3.05, 3.63) is 48.0 Å². The van der Waals surface area contributed by atoms with E-state index in [4.69, 9.17) is 18.9 Å². The molecular formula is C20H21NO5. The number of nitrogens with one attached hydrogen (secondary N) is 1. The number of hydrogen-bond acceptors (Lipinski definition) is 6. The molecule has 0 spiro atoms. The van der Waals surface area contributed by atoms with Crippen molar-refractivity contribution >= 4 is 5.78 Å². The molecule has 136 valence electrons. The van der Waals surface area contributed by atoms with Crippen LogP contribution in [0.1, 0.15) is 16.8 Å². The predicted molar refractivity (Wildman–Crippen MR) is 95.6 cm³/mol. The van der Waals surface area contributed by atoms with Gasteiger partial charge in [-0.1, -0.05) is 12.1 Å². The third-order valence-electron chi connectivity index (χ3n) is 4.29. The van der Waals surface area contributed by atoms with Crippen LogP contribution >= 0.6 is 0 Å². The Labute approximate surface area is 152 Å². The van der Waals surface area contributed by atoms with E-state index in [2.05, 4.69) is 5.32 Å². The Hall–Kier alpha value is -2.73. The maximum Gasteiger partial charge on any atom is 0.176 e. The van der Waals surface area contributed by atoms with E-state index >= 15 is 0 Å². The fourth-order valence-corrected chi connectivity index (χ4v) is 2.95. The van der Waals surface area contributed by atoms with E-state index in [0.717, 1.165) is 17.9 Å². The van der Waals surface area contributed by atoms with Crippen molar-refractivity contribution in [3.63, 3.8) is 0 Å². The second kappa shape index (κ2) is 7.66. The summed E-state index contributed by atoms with van der Waals surface area (Å²) < 4.78 is 22.8. The Kier molecular flexibility index (Phi) is 4.93. The van der Waals surface area contributed by atoms with Gasteiger partial charge in [0.25, 0.3) is 0 Å². The fourth-order valence-electron chi connectivity index (χ4n) is 2.95. The summed E-state index contributed by atoms with van der Waals surface area (Å²) in [4.78, 5) is 12.4. The lowest BCUT2D eigenvalue weighted by Gasteiger charge is -2.26. The second-order valence-electron chi connectivity index (χ2n) is 6.26. The maximum atomic E-state index is 12.4. The third-order valence-corrected chi connectivity index (χ3v) is 4.29. The van der Waals surface area contributed by atoms with Crippen LogP contribution in [0.2, 0.25) is 0 Å². The molecule has 0 radical (unpaired) electrons. The molecule has 0 saturated heterocycles. The van der Waals surface area contributed by atoms with Crippen molar-refractivity contribution < 1.29 is 23.7 Å². The van der Waals surface area contributed by atoms with Crippen LogP contribution in [0.25, 0.3) is 0 Å². The monoisotopic (exact) mass is 355 g/mol. The number of Topliss-reactive ketones (excluding diaryl/α,β-unsaturated/α-hetero) is 1. The van der Waals surface area contributed by atoms with E-state index in [0.29, 0.717) is 43.4 Å². The number of para-hydroxylation sites is 2. The smallest absolute Gasteiger partial charge is 0.176 e. The quantitative estimate of drug-likeness (QED) is 0.831. The first-order valence-electron chi connectivity index (χ1n) is 8.81. The van der Waals surface area contributed by atoms with E-state index < -0.39 is 0 Å². The van der Waals surface area contributed by atoms with Crippen molar-refractivity contribution in [2.45, 2.75) is 12.5 Å². The molecule has 0 fully saturated rings. The van der Waals surface area contributed by atoms with Gasteiger partial charge in [-0.2, -0.15) is 0 Å².